The molecule has 3 aromatic rings. The van der Waals surface area contributed by atoms with Gasteiger partial charge in [-0.1, -0.05) is 31.2 Å². The zero-order valence-corrected chi connectivity index (χ0v) is 22.3. The Labute approximate surface area is 235 Å². The number of nitrogens with one attached hydrogen (secondary N) is 1. The van der Waals surface area contributed by atoms with E-state index < -0.39 is 53.8 Å². The van der Waals surface area contributed by atoms with Crippen LogP contribution in [0.2, 0.25) is 0 Å². The Bertz CT molecular complexity index is 1440. The minimum absolute atomic E-state index is 0. The van der Waals surface area contributed by atoms with E-state index in [0.717, 1.165) is 6.07 Å². The molecule has 9 nitrogen and oxygen atoms in total. The number of alkyl halides is 3. The fourth-order valence-corrected chi connectivity index (χ4v) is 4.00. The Morgan fingerprint density at radius 2 is 1.89 bits per heavy atom. The minimum Gasteiger partial charge on any atom is -0.550 e. The number of hydrogen-bond acceptors (Lipinski definition) is 7. The van der Waals surface area contributed by atoms with Crippen LogP contribution in [-0.4, -0.2) is 42.3 Å². The van der Waals surface area contributed by atoms with E-state index in [1.807, 2.05) is 0 Å². The molecule has 2 atom stereocenters. The van der Waals surface area contributed by atoms with Crippen molar-refractivity contribution in [2.24, 2.45) is 5.92 Å². The number of anilines is 1. The Kier molecular flexibility index (Phi) is 8.90. The van der Waals surface area contributed by atoms with E-state index in [2.05, 4.69) is 4.98 Å². The second kappa shape index (κ2) is 11.6. The molecule has 0 spiro atoms. The normalized spacial score (nSPS) is 16.1. The Balaban J connectivity index is 0.00000400. The average Bonchev–Trinajstić information content (AvgIpc) is 3.21. The van der Waals surface area contributed by atoms with Crippen molar-refractivity contribution in [2.45, 2.75) is 25.6 Å². The summed E-state index contributed by atoms with van der Waals surface area (Å²) in [5, 5.41) is 11.1. The summed E-state index contributed by atoms with van der Waals surface area (Å²) in [5.41, 5.74) is -1.42. The number of aliphatic carboxylic acids is 1. The van der Waals surface area contributed by atoms with Gasteiger partial charge < -0.3 is 24.4 Å². The van der Waals surface area contributed by atoms with E-state index in [-0.39, 0.29) is 59.4 Å². The van der Waals surface area contributed by atoms with Crippen molar-refractivity contribution in [1.82, 2.24) is 4.98 Å². The molecular weight excluding hydrogens is 520 g/mol. The van der Waals surface area contributed by atoms with Gasteiger partial charge in [0.2, 0.25) is 0 Å². The number of fused-ring (bicyclic) bond motifs is 1. The van der Waals surface area contributed by atoms with Crippen molar-refractivity contribution < 1.29 is 71.7 Å². The molecule has 1 aromatic heterocycles. The van der Waals surface area contributed by atoms with Gasteiger partial charge >= 0.3 is 47.8 Å². The monoisotopic (exact) mass is 540 g/mol. The molecule has 0 aliphatic carbocycles. The first kappa shape index (κ1) is 29.2. The van der Waals surface area contributed by atoms with Gasteiger partial charge in [-0.2, -0.15) is 13.2 Å². The molecule has 0 saturated carbocycles. The van der Waals surface area contributed by atoms with E-state index in [4.69, 9.17) is 9.47 Å². The second-order valence-corrected chi connectivity index (χ2v) is 8.55. The Morgan fingerprint density at radius 1 is 1.18 bits per heavy atom. The van der Waals surface area contributed by atoms with E-state index in [0.29, 0.717) is 11.1 Å². The molecule has 0 bridgehead atoms. The van der Waals surface area contributed by atoms with Crippen LogP contribution < -0.4 is 45.1 Å². The first-order valence-corrected chi connectivity index (χ1v) is 11.1. The zero-order chi connectivity index (χ0) is 26.9. The number of carbonyl (C=O) groups excluding carboxylic acids is 3. The van der Waals surface area contributed by atoms with Crippen molar-refractivity contribution in [2.75, 3.05) is 18.1 Å². The third-order valence-electron chi connectivity index (χ3n) is 5.82. The molecule has 38 heavy (non-hydrogen) atoms. The largest absolute Gasteiger partial charge is 1.00 e. The standard InChI is InChI=1S/C25H21F3N2O7.Na/c1-13(8-21(31)32)23(34)36-12-16-11-30(24(35)37-16)15-7-6-14-9-20(29-22(33)18(14)10-15)17-4-2-3-5-19(17)25(26,27)28;/h2-7,9-10,13,16H,8,11-12H2,1H3,(H,29,33)(H,31,32);/q;+1/p-1/t13?,16-;/m1./s1. The maximum Gasteiger partial charge on any atom is 1.00 e. The van der Waals surface area contributed by atoms with Crippen LogP contribution in [0.5, 0.6) is 0 Å². The van der Waals surface area contributed by atoms with E-state index in [1.165, 1.54) is 54.3 Å². The number of amides is 1. The number of rotatable bonds is 7. The first-order chi connectivity index (χ1) is 17.4. The van der Waals surface area contributed by atoms with Gasteiger partial charge in [0, 0.05) is 28.3 Å². The summed E-state index contributed by atoms with van der Waals surface area (Å²) >= 11 is 0. The van der Waals surface area contributed by atoms with Gasteiger partial charge in [0.1, 0.15) is 6.61 Å². The number of ether oxygens (including phenoxy) is 2. The van der Waals surface area contributed by atoms with Gasteiger partial charge in [-0.25, -0.2) is 4.79 Å². The number of nitrogens with zero attached hydrogens (tertiary/aromatic N) is 1. The summed E-state index contributed by atoms with van der Waals surface area (Å²) in [7, 11) is 0. The molecule has 2 heterocycles. The number of halogens is 3. The smallest absolute Gasteiger partial charge is 0.550 e. The molecule has 1 unspecified atom stereocenters. The molecule has 1 aliphatic rings. The van der Waals surface area contributed by atoms with Gasteiger partial charge in [-0.05, 0) is 36.1 Å². The van der Waals surface area contributed by atoms with Crippen LogP contribution in [0, 0.1) is 5.92 Å². The molecule has 13 heteroatoms. The van der Waals surface area contributed by atoms with Crippen LogP contribution in [0.4, 0.5) is 23.7 Å². The number of carboxylic acid groups (broad SMARTS) is 1. The predicted molar refractivity (Wildman–Crippen MR) is 122 cm³/mol. The molecule has 1 amide bonds. The maximum atomic E-state index is 13.4. The van der Waals surface area contributed by atoms with Crippen molar-refractivity contribution >= 4 is 34.5 Å². The van der Waals surface area contributed by atoms with Gasteiger partial charge in [-0.3, -0.25) is 14.5 Å². The SMILES string of the molecule is CC(CC(=O)[O-])C(=O)OC[C@H]1CN(c2ccc3cc(-c4ccccc4C(F)(F)F)[nH]c(=O)c3c2)C(=O)O1.[Na+]. The van der Waals surface area contributed by atoms with E-state index in [9.17, 15) is 37.5 Å². The van der Waals surface area contributed by atoms with Gasteiger partial charge in [-0.15, -0.1) is 0 Å². The third kappa shape index (κ3) is 6.37. The van der Waals surface area contributed by atoms with Crippen LogP contribution in [0.25, 0.3) is 22.0 Å². The Morgan fingerprint density at radius 3 is 2.58 bits per heavy atom. The third-order valence-corrected chi connectivity index (χ3v) is 5.82. The molecule has 0 radical (unpaired) electrons. The molecule has 2 aromatic carbocycles. The predicted octanol–water partition coefficient (Wildman–Crippen LogP) is -0.138. The number of benzene rings is 2. The quantitative estimate of drug-likeness (QED) is 0.326. The van der Waals surface area contributed by atoms with E-state index >= 15 is 0 Å². The minimum atomic E-state index is -4.61. The summed E-state index contributed by atoms with van der Waals surface area (Å²) in [5.74, 6) is -3.11. The summed E-state index contributed by atoms with van der Waals surface area (Å²) in [6, 6.07) is 10.7. The fraction of sp³-hybridized carbons (Fsp3) is 0.280. The topological polar surface area (TPSA) is 129 Å². The number of pyridine rings is 1. The molecule has 1 N–H and O–H groups in total. The van der Waals surface area contributed by atoms with Crippen LogP contribution in [0.3, 0.4) is 0 Å². The maximum absolute atomic E-state index is 13.4. The van der Waals surface area contributed by atoms with E-state index in [1.54, 1.807) is 0 Å². The van der Waals surface area contributed by atoms with Crippen LogP contribution in [-0.2, 0) is 25.2 Å². The number of H-pyrrole nitrogens is 1. The van der Waals surface area contributed by atoms with Crippen molar-refractivity contribution in [1.29, 1.82) is 0 Å². The molecule has 4 rings (SSSR count). The van der Waals surface area contributed by atoms with Crippen molar-refractivity contribution in [3.63, 3.8) is 0 Å². The average molecular weight is 540 g/mol. The molecule has 1 aliphatic heterocycles. The summed E-state index contributed by atoms with van der Waals surface area (Å²) in [6.07, 6.45) is -6.71. The number of hydrogen-bond donors (Lipinski definition) is 1. The summed E-state index contributed by atoms with van der Waals surface area (Å²) in [6.45, 7) is 1.06. The molecule has 1 fully saturated rings. The summed E-state index contributed by atoms with van der Waals surface area (Å²) in [4.78, 5) is 51.4. The van der Waals surface area contributed by atoms with Gasteiger partial charge in [0.05, 0.1) is 18.0 Å². The first-order valence-electron chi connectivity index (χ1n) is 11.1. The molecular formula is C25H20F3N2NaO7. The zero-order valence-electron chi connectivity index (χ0n) is 20.3. The number of carbonyl (C=O) groups is 3. The van der Waals surface area contributed by atoms with Crippen molar-refractivity contribution in [3.8, 4) is 11.3 Å². The number of cyclic esters (lactones) is 1. The van der Waals surface area contributed by atoms with Crippen LogP contribution in [0.1, 0.15) is 18.9 Å². The van der Waals surface area contributed by atoms with Gasteiger partial charge in [0.25, 0.3) is 5.56 Å². The van der Waals surface area contributed by atoms with Crippen LogP contribution in [0.15, 0.2) is 53.3 Å². The summed E-state index contributed by atoms with van der Waals surface area (Å²) < 4.78 is 50.5. The van der Waals surface area contributed by atoms with Crippen molar-refractivity contribution in [3.05, 3.63) is 64.4 Å². The second-order valence-electron chi connectivity index (χ2n) is 8.55. The van der Waals surface area contributed by atoms with Crippen LogP contribution >= 0.6 is 0 Å². The number of aromatic amines is 1. The van der Waals surface area contributed by atoms with Gasteiger partial charge in [0.15, 0.2) is 6.10 Å². The molecule has 194 valence electrons. The number of carboxylic acids is 1. The number of esters is 1. The fourth-order valence-electron chi connectivity index (χ4n) is 4.00. The Hall–Kier alpha value is -3.35. The number of aromatic nitrogens is 1. The molecule has 1 saturated heterocycles.